The van der Waals surface area contributed by atoms with Crippen LogP contribution in [0.4, 0.5) is 0 Å². The zero-order chi connectivity index (χ0) is 17.3. The van der Waals surface area contributed by atoms with E-state index < -0.39 is 0 Å². The molecule has 3 heterocycles. The van der Waals surface area contributed by atoms with Gasteiger partial charge in [-0.15, -0.1) is 0 Å². The molecule has 8 heteroatoms. The summed E-state index contributed by atoms with van der Waals surface area (Å²) in [6.07, 6.45) is 5.21. The van der Waals surface area contributed by atoms with Crippen molar-refractivity contribution in [3.8, 4) is 23.4 Å². The lowest BCUT2D eigenvalue weighted by Crippen LogP contribution is -2.22. The van der Waals surface area contributed by atoms with Gasteiger partial charge in [-0.2, -0.15) is 15.6 Å². The Morgan fingerprint density at radius 1 is 1.38 bits per heavy atom. The molecule has 0 bridgehead atoms. The fraction of sp³-hybridized carbons (Fsp3) is 0.312. The number of rotatable bonds is 4. The molecule has 0 aliphatic carbocycles. The van der Waals surface area contributed by atoms with E-state index in [2.05, 4.69) is 21.3 Å². The molecule has 1 N–H and O–H groups in total. The van der Waals surface area contributed by atoms with Gasteiger partial charge in [-0.1, -0.05) is 13.8 Å². The number of hydrogen-bond donors (Lipinski definition) is 1. The Kier molecular flexibility index (Phi) is 3.88. The van der Waals surface area contributed by atoms with Gasteiger partial charge in [0.05, 0.1) is 30.9 Å². The van der Waals surface area contributed by atoms with Crippen molar-refractivity contribution in [3.05, 3.63) is 40.1 Å². The normalized spacial score (nSPS) is 10.9. The predicted molar refractivity (Wildman–Crippen MR) is 86.1 cm³/mol. The first kappa shape index (κ1) is 15.5. The molecule has 0 saturated carbocycles. The van der Waals surface area contributed by atoms with Gasteiger partial charge in [0, 0.05) is 23.5 Å². The maximum atomic E-state index is 12.8. The van der Waals surface area contributed by atoms with Crippen LogP contribution in [0.1, 0.15) is 37.3 Å². The molecule has 0 amide bonds. The Hall–Kier alpha value is -3.39. The van der Waals surface area contributed by atoms with Gasteiger partial charge in [0.15, 0.2) is 5.65 Å². The van der Waals surface area contributed by atoms with Crippen molar-refractivity contribution in [2.75, 3.05) is 0 Å². The number of H-pyrrole nitrogens is 1. The minimum absolute atomic E-state index is 0.0480. The molecular formula is C16H15N7O. The van der Waals surface area contributed by atoms with Crippen LogP contribution in [0, 0.1) is 22.7 Å². The Labute approximate surface area is 137 Å². The summed E-state index contributed by atoms with van der Waals surface area (Å²) in [5.74, 6) is -0.0480. The lowest BCUT2D eigenvalue weighted by molar-refractivity contribution is 0.628. The molecule has 0 aliphatic heterocycles. The van der Waals surface area contributed by atoms with Crippen molar-refractivity contribution in [3.63, 3.8) is 0 Å². The van der Waals surface area contributed by atoms with Gasteiger partial charge in [0.2, 0.25) is 0 Å². The number of aromatic amines is 1. The van der Waals surface area contributed by atoms with E-state index in [1.54, 1.807) is 17.1 Å². The van der Waals surface area contributed by atoms with Crippen LogP contribution < -0.4 is 5.56 Å². The van der Waals surface area contributed by atoms with Gasteiger partial charge in [0.25, 0.3) is 5.56 Å². The smallest absolute Gasteiger partial charge is 0.276 e. The highest BCUT2D eigenvalue weighted by Gasteiger charge is 2.20. The van der Waals surface area contributed by atoms with Gasteiger partial charge in [-0.05, 0) is 5.92 Å². The first-order valence-corrected chi connectivity index (χ1v) is 7.50. The van der Waals surface area contributed by atoms with Crippen molar-refractivity contribution in [1.82, 2.24) is 24.4 Å². The molecule has 24 heavy (non-hydrogen) atoms. The number of hydrogen-bond acceptors (Lipinski definition) is 5. The van der Waals surface area contributed by atoms with E-state index in [1.165, 1.54) is 10.7 Å². The fourth-order valence-corrected chi connectivity index (χ4v) is 2.62. The molecular weight excluding hydrogens is 306 g/mol. The zero-order valence-electron chi connectivity index (χ0n) is 13.3. The van der Waals surface area contributed by atoms with Crippen LogP contribution in [0.2, 0.25) is 0 Å². The first-order chi connectivity index (χ1) is 11.6. The SMILES string of the molecule is CC(C)c1c(-c2cnn(CCC#N)c2)nc2c(C#N)c[nH]n2c1=O. The zero-order valence-corrected chi connectivity index (χ0v) is 13.3. The average Bonchev–Trinajstić information content (AvgIpc) is 3.18. The van der Waals surface area contributed by atoms with Crippen molar-refractivity contribution in [2.24, 2.45) is 0 Å². The van der Waals surface area contributed by atoms with E-state index >= 15 is 0 Å². The summed E-state index contributed by atoms with van der Waals surface area (Å²) < 4.78 is 2.94. The third kappa shape index (κ3) is 2.44. The maximum absolute atomic E-state index is 12.8. The van der Waals surface area contributed by atoms with Crippen LogP contribution in [0.3, 0.4) is 0 Å². The molecule has 120 valence electrons. The van der Waals surface area contributed by atoms with Crippen molar-refractivity contribution < 1.29 is 0 Å². The van der Waals surface area contributed by atoms with Gasteiger partial charge >= 0.3 is 0 Å². The molecule has 8 nitrogen and oxygen atoms in total. The van der Waals surface area contributed by atoms with Gasteiger partial charge in [-0.25, -0.2) is 9.50 Å². The lowest BCUT2D eigenvalue weighted by Gasteiger charge is -2.10. The van der Waals surface area contributed by atoms with Gasteiger partial charge in [0.1, 0.15) is 11.6 Å². The third-order valence-electron chi connectivity index (χ3n) is 3.75. The van der Waals surface area contributed by atoms with E-state index in [9.17, 15) is 10.1 Å². The quantitative estimate of drug-likeness (QED) is 0.786. The summed E-state index contributed by atoms with van der Waals surface area (Å²) in [5, 5.41) is 24.9. The second-order valence-electron chi connectivity index (χ2n) is 5.69. The van der Waals surface area contributed by atoms with Gasteiger partial charge < -0.3 is 0 Å². The van der Waals surface area contributed by atoms with E-state index in [0.717, 1.165) is 0 Å². The molecule has 3 aromatic heterocycles. The molecule has 0 unspecified atom stereocenters. The van der Waals surface area contributed by atoms with Crippen LogP contribution in [0.5, 0.6) is 0 Å². The first-order valence-electron chi connectivity index (χ1n) is 7.50. The standard InChI is InChI=1S/C16H15N7O/c1-10(2)13-14(12-8-19-22(9-12)5-3-4-17)21-15-11(6-18)7-20-23(15)16(13)24/h7-10,20H,3,5H2,1-2H3. The average molecular weight is 321 g/mol. The van der Waals surface area contributed by atoms with E-state index in [4.69, 9.17) is 5.26 Å². The van der Waals surface area contributed by atoms with Crippen LogP contribution in [-0.2, 0) is 6.54 Å². The third-order valence-corrected chi connectivity index (χ3v) is 3.75. The Morgan fingerprint density at radius 3 is 2.83 bits per heavy atom. The highest BCUT2D eigenvalue weighted by molar-refractivity contribution is 5.67. The summed E-state index contributed by atoms with van der Waals surface area (Å²) in [6, 6.07) is 4.10. The van der Waals surface area contributed by atoms with E-state index in [0.29, 0.717) is 41.0 Å². The molecule has 3 aromatic rings. The molecule has 3 rings (SSSR count). The second-order valence-corrected chi connectivity index (χ2v) is 5.69. The summed E-state index contributed by atoms with van der Waals surface area (Å²) >= 11 is 0. The summed E-state index contributed by atoms with van der Waals surface area (Å²) in [5.41, 5.74) is 2.15. The molecule has 0 fully saturated rings. The molecule has 0 atom stereocenters. The van der Waals surface area contributed by atoms with Crippen LogP contribution in [0.15, 0.2) is 23.4 Å². The summed E-state index contributed by atoms with van der Waals surface area (Å²) in [6.45, 7) is 4.31. The number of fused-ring (bicyclic) bond motifs is 1. The number of nitriles is 2. The summed E-state index contributed by atoms with van der Waals surface area (Å²) in [7, 11) is 0. The second kappa shape index (κ2) is 6.01. The predicted octanol–water partition coefficient (Wildman–Crippen LogP) is 1.79. The van der Waals surface area contributed by atoms with Gasteiger partial charge in [-0.3, -0.25) is 14.6 Å². The highest BCUT2D eigenvalue weighted by atomic mass is 16.1. The van der Waals surface area contributed by atoms with Crippen LogP contribution in [-0.4, -0.2) is 24.4 Å². The van der Waals surface area contributed by atoms with E-state index in [1.807, 2.05) is 19.9 Å². The Morgan fingerprint density at radius 2 is 2.17 bits per heavy atom. The van der Waals surface area contributed by atoms with Crippen molar-refractivity contribution in [2.45, 2.75) is 32.7 Å². The van der Waals surface area contributed by atoms with Crippen LogP contribution in [0.25, 0.3) is 16.9 Å². The highest BCUT2D eigenvalue weighted by Crippen LogP contribution is 2.25. The lowest BCUT2D eigenvalue weighted by atomic mass is 10.00. The molecule has 0 spiro atoms. The van der Waals surface area contributed by atoms with E-state index in [-0.39, 0.29) is 11.5 Å². The van der Waals surface area contributed by atoms with Crippen LogP contribution >= 0.6 is 0 Å². The summed E-state index contributed by atoms with van der Waals surface area (Å²) in [4.78, 5) is 17.3. The molecule has 0 aromatic carbocycles. The number of aromatic nitrogens is 5. The van der Waals surface area contributed by atoms with Crippen molar-refractivity contribution >= 4 is 5.65 Å². The Balaban J connectivity index is 2.24. The molecule has 0 radical (unpaired) electrons. The minimum Gasteiger partial charge on any atom is -0.295 e. The minimum atomic E-state index is -0.226. The Bertz CT molecular complexity index is 1040. The number of nitrogens with one attached hydrogen (secondary N) is 1. The largest absolute Gasteiger partial charge is 0.295 e. The number of aryl methyl sites for hydroxylation is 1. The molecule has 0 aliphatic rings. The monoisotopic (exact) mass is 321 g/mol. The topological polar surface area (TPSA) is 116 Å². The number of nitrogens with zero attached hydrogens (tertiary/aromatic N) is 6. The fourth-order valence-electron chi connectivity index (χ4n) is 2.62. The van der Waals surface area contributed by atoms with Crippen molar-refractivity contribution in [1.29, 1.82) is 10.5 Å². The maximum Gasteiger partial charge on any atom is 0.276 e. The molecule has 0 saturated heterocycles.